The van der Waals surface area contributed by atoms with E-state index in [4.69, 9.17) is 9.97 Å². The van der Waals surface area contributed by atoms with Gasteiger partial charge in [-0.15, -0.1) is 0 Å². The molecule has 0 radical (unpaired) electrons. The molecule has 0 unspecified atom stereocenters. The second-order valence-electron chi connectivity index (χ2n) is 9.39. The van der Waals surface area contributed by atoms with E-state index in [0.717, 1.165) is 28.9 Å². The smallest absolute Gasteiger partial charge is 0.160 e. The van der Waals surface area contributed by atoms with Crippen LogP contribution in [0.2, 0.25) is 0 Å². The van der Waals surface area contributed by atoms with Crippen LogP contribution in [0.5, 0.6) is 0 Å². The fraction of sp³-hybridized carbons (Fsp3) is 0.333. The van der Waals surface area contributed by atoms with Gasteiger partial charge in [0.1, 0.15) is 11.6 Å². The van der Waals surface area contributed by atoms with Crippen molar-refractivity contribution in [1.29, 1.82) is 5.26 Å². The minimum absolute atomic E-state index is 0.123. The summed E-state index contributed by atoms with van der Waals surface area (Å²) in [6.07, 6.45) is 3.62. The highest BCUT2D eigenvalue weighted by Crippen LogP contribution is 2.54. The van der Waals surface area contributed by atoms with Gasteiger partial charge in [-0.1, -0.05) is 26.0 Å². The van der Waals surface area contributed by atoms with Crippen molar-refractivity contribution in [3.63, 3.8) is 0 Å². The first-order valence-electron chi connectivity index (χ1n) is 11.2. The number of halogens is 1. The molecule has 3 aromatic rings. The molecule has 0 amide bonds. The quantitative estimate of drug-likeness (QED) is 0.541. The lowest BCUT2D eigenvalue weighted by Gasteiger charge is -2.48. The number of rotatable bonds is 2. The zero-order valence-corrected chi connectivity index (χ0v) is 18.9. The average molecular weight is 441 g/mol. The van der Waals surface area contributed by atoms with E-state index in [2.05, 4.69) is 18.0 Å². The lowest BCUT2D eigenvalue weighted by molar-refractivity contribution is 0.136. The summed E-state index contributed by atoms with van der Waals surface area (Å²) in [7, 11) is 0. The van der Waals surface area contributed by atoms with Gasteiger partial charge in [-0.05, 0) is 56.4 Å². The number of aromatic nitrogens is 3. The van der Waals surface area contributed by atoms with Crippen LogP contribution in [-0.2, 0) is 11.8 Å². The van der Waals surface area contributed by atoms with Crippen LogP contribution in [0, 0.1) is 35.9 Å². The third-order valence-electron chi connectivity index (χ3n) is 7.38. The number of pyridine rings is 1. The van der Waals surface area contributed by atoms with Crippen LogP contribution in [-0.4, -0.2) is 20.1 Å². The number of allylic oxidation sites excluding steroid dienone is 2. The fourth-order valence-electron chi connectivity index (χ4n) is 5.71. The topological polar surface area (TPSA) is 82.7 Å². The maximum absolute atomic E-state index is 14.9. The number of nitriles is 1. The second-order valence-corrected chi connectivity index (χ2v) is 9.39. The summed E-state index contributed by atoms with van der Waals surface area (Å²) in [5.41, 5.74) is 4.43. The van der Waals surface area contributed by atoms with E-state index in [1.54, 1.807) is 18.3 Å². The van der Waals surface area contributed by atoms with Crippen molar-refractivity contribution in [2.45, 2.75) is 45.4 Å². The number of hydrogen-bond donors (Lipinski definition) is 1. The molecule has 0 spiro atoms. The first-order valence-corrected chi connectivity index (χ1v) is 11.2. The molecule has 33 heavy (non-hydrogen) atoms. The molecule has 1 aromatic carbocycles. The fourth-order valence-corrected chi connectivity index (χ4v) is 5.71. The number of aryl methyl sites for hydroxylation is 1. The Morgan fingerprint density at radius 2 is 2.00 bits per heavy atom. The van der Waals surface area contributed by atoms with Crippen molar-refractivity contribution in [2.24, 2.45) is 11.8 Å². The van der Waals surface area contributed by atoms with Crippen LogP contribution in [0.1, 0.15) is 43.6 Å². The van der Waals surface area contributed by atoms with Gasteiger partial charge >= 0.3 is 0 Å². The van der Waals surface area contributed by atoms with Gasteiger partial charge in [0.05, 0.1) is 23.0 Å². The first-order chi connectivity index (χ1) is 15.8. The van der Waals surface area contributed by atoms with Crippen LogP contribution < -0.4 is 0 Å². The number of aliphatic hydroxyl groups excluding tert-OH is 1. The summed E-state index contributed by atoms with van der Waals surface area (Å²) in [5, 5.41) is 20.3. The summed E-state index contributed by atoms with van der Waals surface area (Å²) >= 11 is 0. The molecule has 1 N–H and O–H groups in total. The molecule has 0 bridgehead atoms. The molecule has 0 fully saturated rings. The standard InChI is InChI=1S/C27H25FN4O/c1-15-12-17(10-11-30-15)26-31-23(19-6-4-5-7-22(19)28)20-8-9-21-16(2)24(33)18(14-29)13-27(21,3)25(20)32-26/h4-7,10-12,16,21,33H,8-9,13H2,1-3H3/t16-,21-,27-/m1/s1. The van der Waals surface area contributed by atoms with Crippen molar-refractivity contribution in [1.82, 2.24) is 15.0 Å². The number of fused-ring (bicyclic) bond motifs is 3. The predicted molar refractivity (Wildman–Crippen MR) is 124 cm³/mol. The Balaban J connectivity index is 1.80. The molecule has 2 aliphatic carbocycles. The molecule has 2 aliphatic rings. The highest BCUT2D eigenvalue weighted by atomic mass is 19.1. The van der Waals surface area contributed by atoms with Gasteiger partial charge in [-0.3, -0.25) is 4.98 Å². The summed E-state index contributed by atoms with van der Waals surface area (Å²) in [5.74, 6) is 0.360. The lowest BCUT2D eigenvalue weighted by Crippen LogP contribution is -2.45. The van der Waals surface area contributed by atoms with Gasteiger partial charge < -0.3 is 5.11 Å². The van der Waals surface area contributed by atoms with Crippen molar-refractivity contribution in [3.8, 4) is 28.7 Å². The highest BCUT2D eigenvalue weighted by molar-refractivity contribution is 5.69. The van der Waals surface area contributed by atoms with Gasteiger partial charge in [0.15, 0.2) is 5.82 Å². The van der Waals surface area contributed by atoms with E-state index < -0.39 is 5.41 Å². The third kappa shape index (κ3) is 3.31. The Kier molecular flexibility index (Phi) is 5.01. The molecule has 3 atom stereocenters. The van der Waals surface area contributed by atoms with Crippen LogP contribution in [0.25, 0.3) is 22.6 Å². The Bertz CT molecular complexity index is 1340. The van der Waals surface area contributed by atoms with E-state index in [-0.39, 0.29) is 23.4 Å². The van der Waals surface area contributed by atoms with E-state index in [1.165, 1.54) is 6.07 Å². The van der Waals surface area contributed by atoms with Gasteiger partial charge in [0.25, 0.3) is 0 Å². The molecule has 0 aliphatic heterocycles. The predicted octanol–water partition coefficient (Wildman–Crippen LogP) is 5.85. The largest absolute Gasteiger partial charge is 0.511 e. The molecule has 0 saturated carbocycles. The first kappa shape index (κ1) is 21.3. The van der Waals surface area contributed by atoms with Gasteiger partial charge in [-0.25, -0.2) is 14.4 Å². The van der Waals surface area contributed by atoms with Gasteiger partial charge in [-0.2, -0.15) is 5.26 Å². The molecular weight excluding hydrogens is 415 g/mol. The van der Waals surface area contributed by atoms with Crippen LogP contribution in [0.3, 0.4) is 0 Å². The van der Waals surface area contributed by atoms with E-state index in [1.807, 2.05) is 32.0 Å². The summed E-state index contributed by atoms with van der Waals surface area (Å²) in [4.78, 5) is 14.2. The molecule has 2 aromatic heterocycles. The van der Waals surface area contributed by atoms with Crippen LogP contribution in [0.15, 0.2) is 53.9 Å². The average Bonchev–Trinajstić information content (AvgIpc) is 2.81. The summed E-state index contributed by atoms with van der Waals surface area (Å²) in [6, 6.07) is 12.7. The van der Waals surface area contributed by atoms with E-state index >= 15 is 0 Å². The number of benzene rings is 1. The molecule has 5 rings (SSSR count). The highest BCUT2D eigenvalue weighted by Gasteiger charge is 2.50. The zero-order valence-electron chi connectivity index (χ0n) is 18.9. The van der Waals surface area contributed by atoms with Crippen molar-refractivity contribution >= 4 is 0 Å². The minimum Gasteiger partial charge on any atom is -0.511 e. The number of aliphatic hydroxyl groups is 1. The van der Waals surface area contributed by atoms with Crippen molar-refractivity contribution in [3.05, 3.63) is 76.7 Å². The molecule has 5 nitrogen and oxygen atoms in total. The molecular formula is C27H25FN4O. The Morgan fingerprint density at radius 1 is 1.21 bits per heavy atom. The normalized spacial score (nSPS) is 24.1. The Labute approximate surface area is 192 Å². The molecule has 166 valence electrons. The monoisotopic (exact) mass is 440 g/mol. The lowest BCUT2D eigenvalue weighted by atomic mass is 9.56. The van der Waals surface area contributed by atoms with Crippen molar-refractivity contribution < 1.29 is 9.50 Å². The molecule has 6 heteroatoms. The van der Waals surface area contributed by atoms with Crippen molar-refractivity contribution in [2.75, 3.05) is 0 Å². The maximum Gasteiger partial charge on any atom is 0.160 e. The molecule has 0 saturated heterocycles. The summed E-state index contributed by atoms with van der Waals surface area (Å²) < 4.78 is 14.9. The van der Waals surface area contributed by atoms with Crippen LogP contribution >= 0.6 is 0 Å². The number of hydrogen-bond acceptors (Lipinski definition) is 5. The maximum atomic E-state index is 14.9. The Hall–Kier alpha value is -3.59. The molecule has 2 heterocycles. The SMILES string of the molecule is Cc1cc(-c2nc(-c3ccccc3F)c3c(n2)[C@]2(C)CC(C#N)=C(O)[C@H](C)[C@H]2CC3)ccn1. The summed E-state index contributed by atoms with van der Waals surface area (Å²) in [6.45, 7) is 6.01. The van der Waals surface area contributed by atoms with Crippen LogP contribution in [0.4, 0.5) is 4.39 Å². The minimum atomic E-state index is -0.468. The zero-order chi connectivity index (χ0) is 23.3. The Morgan fingerprint density at radius 3 is 2.73 bits per heavy atom. The van der Waals surface area contributed by atoms with E-state index in [9.17, 15) is 14.8 Å². The second kappa shape index (κ2) is 7.77. The van der Waals surface area contributed by atoms with Gasteiger partial charge in [0.2, 0.25) is 0 Å². The van der Waals surface area contributed by atoms with E-state index in [0.29, 0.717) is 35.5 Å². The third-order valence-corrected chi connectivity index (χ3v) is 7.38. The van der Waals surface area contributed by atoms with Gasteiger partial charge in [0, 0.05) is 39.9 Å². The number of nitrogens with zero attached hydrogens (tertiary/aromatic N) is 4.